The summed E-state index contributed by atoms with van der Waals surface area (Å²) in [7, 11) is 0. The lowest BCUT2D eigenvalue weighted by Crippen LogP contribution is -2.42. The van der Waals surface area contributed by atoms with E-state index in [4.69, 9.17) is 10.5 Å². The molecular formula is C17H16FN5O3. The quantitative estimate of drug-likeness (QED) is 0.608. The predicted molar refractivity (Wildman–Crippen MR) is 88.3 cm³/mol. The van der Waals surface area contributed by atoms with Gasteiger partial charge in [-0.25, -0.2) is 4.39 Å². The van der Waals surface area contributed by atoms with Gasteiger partial charge in [0.2, 0.25) is 5.82 Å². The Morgan fingerprint density at radius 1 is 1.31 bits per heavy atom. The Morgan fingerprint density at radius 3 is 2.62 bits per heavy atom. The smallest absolute Gasteiger partial charge is 0.258 e. The van der Waals surface area contributed by atoms with Gasteiger partial charge in [0.1, 0.15) is 11.6 Å². The Bertz CT molecular complexity index is 904. The zero-order valence-corrected chi connectivity index (χ0v) is 13.8. The second-order valence-corrected chi connectivity index (χ2v) is 5.61. The van der Waals surface area contributed by atoms with Crippen LogP contribution in [0, 0.1) is 5.82 Å². The maximum atomic E-state index is 14.7. The zero-order chi connectivity index (χ0) is 18.7. The first kappa shape index (κ1) is 17.5. The van der Waals surface area contributed by atoms with E-state index in [0.29, 0.717) is 5.82 Å². The van der Waals surface area contributed by atoms with E-state index in [1.54, 1.807) is 25.1 Å². The van der Waals surface area contributed by atoms with Crippen molar-refractivity contribution in [3.8, 4) is 5.75 Å². The van der Waals surface area contributed by atoms with Gasteiger partial charge in [0.25, 0.3) is 5.91 Å². The minimum Gasteiger partial charge on any atom is -0.482 e. The van der Waals surface area contributed by atoms with E-state index in [2.05, 4.69) is 20.6 Å². The van der Waals surface area contributed by atoms with E-state index in [1.165, 1.54) is 24.3 Å². The van der Waals surface area contributed by atoms with Crippen LogP contribution in [0.1, 0.15) is 30.0 Å². The lowest BCUT2D eigenvalue weighted by atomic mass is 9.85. The Labute approximate surface area is 147 Å². The Morgan fingerprint density at radius 2 is 2.04 bits per heavy atom. The highest BCUT2D eigenvalue weighted by molar-refractivity contribution is 5.88. The summed E-state index contributed by atoms with van der Waals surface area (Å²) >= 11 is 0. The number of nitrogens with one attached hydrogen (secondary N) is 1. The normalized spacial score (nSPS) is 14.4. The highest BCUT2D eigenvalue weighted by Gasteiger charge is 2.40. The molecule has 3 aromatic rings. The number of hydrogen-bond donors (Lipinski definition) is 3. The summed E-state index contributed by atoms with van der Waals surface area (Å²) in [6.45, 7) is 1.67. The van der Waals surface area contributed by atoms with Crippen molar-refractivity contribution in [1.29, 1.82) is 0 Å². The average molecular weight is 357 g/mol. The van der Waals surface area contributed by atoms with Crippen LogP contribution in [0.2, 0.25) is 0 Å². The number of aliphatic hydroxyl groups is 1. The van der Waals surface area contributed by atoms with Gasteiger partial charge < -0.3 is 15.6 Å². The number of hydrogen-bond acceptors (Lipinski definition) is 6. The lowest BCUT2D eigenvalue weighted by Gasteiger charge is -2.26. The van der Waals surface area contributed by atoms with Crippen LogP contribution < -0.4 is 10.5 Å². The van der Waals surface area contributed by atoms with Crippen molar-refractivity contribution in [2.24, 2.45) is 5.73 Å². The van der Waals surface area contributed by atoms with Crippen LogP contribution in [0.3, 0.4) is 0 Å². The molecule has 0 spiro atoms. The van der Waals surface area contributed by atoms with Gasteiger partial charge in [0, 0.05) is 11.6 Å². The van der Waals surface area contributed by atoms with Gasteiger partial charge in [-0.3, -0.25) is 4.79 Å². The van der Waals surface area contributed by atoms with Crippen molar-refractivity contribution >= 4 is 5.91 Å². The third kappa shape index (κ3) is 3.11. The van der Waals surface area contributed by atoms with Gasteiger partial charge >= 0.3 is 0 Å². The minimum atomic E-state index is -2.30. The number of tetrazole rings is 1. The molecule has 0 fully saturated rings. The second-order valence-electron chi connectivity index (χ2n) is 5.61. The Kier molecular flexibility index (Phi) is 4.63. The molecule has 1 amide bonds. The van der Waals surface area contributed by atoms with Crippen LogP contribution in [0.5, 0.6) is 5.75 Å². The summed E-state index contributed by atoms with van der Waals surface area (Å²) in [5, 5.41) is 24.1. The van der Waals surface area contributed by atoms with E-state index in [1.807, 2.05) is 0 Å². The number of aromatic nitrogens is 4. The second kappa shape index (κ2) is 6.89. The molecule has 1 heterocycles. The van der Waals surface area contributed by atoms with Crippen LogP contribution in [0.4, 0.5) is 4.39 Å². The number of H-pyrrole nitrogens is 1. The summed E-state index contributed by atoms with van der Waals surface area (Å²) in [6.07, 6.45) is -0.580. The number of carbonyl (C=O) groups excluding carboxylic acids is 1. The fourth-order valence-corrected chi connectivity index (χ4v) is 2.57. The summed E-state index contributed by atoms with van der Waals surface area (Å²) in [4.78, 5) is 11.9. The van der Waals surface area contributed by atoms with Crippen LogP contribution in [-0.2, 0) is 10.4 Å². The molecule has 0 radical (unpaired) electrons. The molecule has 2 unspecified atom stereocenters. The number of rotatable bonds is 6. The summed E-state index contributed by atoms with van der Waals surface area (Å²) in [6, 6.07) is 11.7. The number of amides is 1. The first-order chi connectivity index (χ1) is 12.4. The molecule has 0 aliphatic heterocycles. The zero-order valence-electron chi connectivity index (χ0n) is 13.8. The van der Waals surface area contributed by atoms with Crippen LogP contribution in [-0.4, -0.2) is 31.6 Å². The van der Waals surface area contributed by atoms with Crippen molar-refractivity contribution in [2.75, 3.05) is 0 Å². The van der Waals surface area contributed by atoms with Gasteiger partial charge in [0.15, 0.2) is 11.7 Å². The fraction of sp³-hybridized carbons (Fsp3) is 0.176. The van der Waals surface area contributed by atoms with E-state index >= 15 is 0 Å². The molecule has 134 valence electrons. The number of nitrogens with zero attached hydrogens (tertiary/aromatic N) is 3. The van der Waals surface area contributed by atoms with Crippen molar-refractivity contribution < 1.29 is 19.0 Å². The number of primary amides is 1. The average Bonchev–Trinajstić information content (AvgIpc) is 3.16. The van der Waals surface area contributed by atoms with Crippen LogP contribution >= 0.6 is 0 Å². The lowest BCUT2D eigenvalue weighted by molar-refractivity contribution is -0.133. The molecule has 1 aromatic heterocycles. The van der Waals surface area contributed by atoms with Crippen molar-refractivity contribution in [1.82, 2.24) is 20.6 Å². The SMILES string of the molecule is CC(Oc1ccc(C(O)(C(N)=O)c2ccccc2)c(F)c1)c1nn[nH]n1. The molecule has 0 aliphatic carbocycles. The molecule has 2 aromatic carbocycles. The van der Waals surface area contributed by atoms with Crippen LogP contribution in [0.15, 0.2) is 48.5 Å². The molecule has 9 heteroatoms. The molecule has 0 bridgehead atoms. The fourth-order valence-electron chi connectivity index (χ4n) is 2.57. The summed E-state index contributed by atoms with van der Waals surface area (Å²) in [5.41, 5.74) is 2.97. The van der Waals surface area contributed by atoms with Crippen molar-refractivity contribution in [3.05, 3.63) is 71.3 Å². The number of halogens is 1. The molecular weight excluding hydrogens is 341 g/mol. The molecule has 3 rings (SSSR count). The van der Waals surface area contributed by atoms with Gasteiger partial charge in [-0.1, -0.05) is 35.5 Å². The standard InChI is InChI=1S/C17H16FN5O3/c1-10(15-20-22-23-21-15)26-12-7-8-13(14(18)9-12)17(25,16(19)24)11-5-3-2-4-6-11/h2-10,25H,1H3,(H2,19,24)(H,20,21,22,23). The Balaban J connectivity index is 1.94. The number of benzene rings is 2. The topological polar surface area (TPSA) is 127 Å². The van der Waals surface area contributed by atoms with Gasteiger partial charge in [-0.05, 0) is 24.6 Å². The van der Waals surface area contributed by atoms with Gasteiger partial charge in [-0.15, -0.1) is 10.2 Å². The monoisotopic (exact) mass is 357 g/mol. The van der Waals surface area contributed by atoms with E-state index in [9.17, 15) is 14.3 Å². The number of nitrogens with two attached hydrogens (primary N) is 1. The molecule has 0 saturated carbocycles. The van der Waals surface area contributed by atoms with Crippen molar-refractivity contribution in [3.63, 3.8) is 0 Å². The Hall–Kier alpha value is -3.33. The number of aromatic amines is 1. The third-order valence-corrected chi connectivity index (χ3v) is 3.92. The molecule has 4 N–H and O–H groups in total. The highest BCUT2D eigenvalue weighted by Crippen LogP contribution is 2.33. The van der Waals surface area contributed by atoms with E-state index in [0.717, 1.165) is 6.07 Å². The molecule has 2 atom stereocenters. The maximum absolute atomic E-state index is 14.7. The molecule has 0 saturated heterocycles. The maximum Gasteiger partial charge on any atom is 0.258 e. The van der Waals surface area contributed by atoms with E-state index < -0.39 is 23.4 Å². The largest absolute Gasteiger partial charge is 0.482 e. The molecule has 26 heavy (non-hydrogen) atoms. The number of ether oxygens (including phenoxy) is 1. The summed E-state index contributed by atoms with van der Waals surface area (Å²) in [5.74, 6) is -1.46. The first-order valence-corrected chi connectivity index (χ1v) is 7.70. The highest BCUT2D eigenvalue weighted by atomic mass is 19.1. The van der Waals surface area contributed by atoms with Crippen molar-refractivity contribution in [2.45, 2.75) is 18.6 Å². The minimum absolute atomic E-state index is 0.167. The third-order valence-electron chi connectivity index (χ3n) is 3.92. The van der Waals surface area contributed by atoms with Gasteiger partial charge in [0.05, 0.1) is 0 Å². The predicted octanol–water partition coefficient (Wildman–Crippen LogP) is 1.20. The molecule has 0 aliphatic rings. The van der Waals surface area contributed by atoms with Crippen LogP contribution in [0.25, 0.3) is 0 Å². The van der Waals surface area contributed by atoms with Gasteiger partial charge in [-0.2, -0.15) is 5.21 Å². The molecule has 8 nitrogen and oxygen atoms in total. The van der Waals surface area contributed by atoms with E-state index in [-0.39, 0.29) is 16.9 Å². The first-order valence-electron chi connectivity index (χ1n) is 7.70. The summed E-state index contributed by atoms with van der Waals surface area (Å²) < 4.78 is 20.2. The number of carbonyl (C=O) groups is 1.